The van der Waals surface area contributed by atoms with Gasteiger partial charge in [-0.1, -0.05) is 25.4 Å². The molecule has 1 fully saturated rings. The van der Waals surface area contributed by atoms with Gasteiger partial charge in [-0.3, -0.25) is 10.2 Å². The first-order valence-corrected chi connectivity index (χ1v) is 9.71. The van der Waals surface area contributed by atoms with Crippen molar-refractivity contribution >= 4 is 27.5 Å². The molecule has 0 bridgehead atoms. The van der Waals surface area contributed by atoms with E-state index in [1.807, 2.05) is 0 Å². The molecule has 1 aromatic rings. The number of sulfonamides is 1. The Morgan fingerprint density at radius 1 is 1.25 bits per heavy atom. The van der Waals surface area contributed by atoms with Crippen molar-refractivity contribution in [1.29, 1.82) is 0 Å². The van der Waals surface area contributed by atoms with E-state index < -0.39 is 15.9 Å². The van der Waals surface area contributed by atoms with Gasteiger partial charge >= 0.3 is 0 Å². The SMILES string of the molecule is C[C@H]1C[C@H](C)CN(S(=O)(=O)c2ccc(Cl)c(C(=O)NN(C)C)c2)C1. The maximum Gasteiger partial charge on any atom is 0.267 e. The number of nitrogens with zero attached hydrogens (tertiary/aromatic N) is 2. The summed E-state index contributed by atoms with van der Waals surface area (Å²) < 4.78 is 27.4. The second kappa shape index (κ2) is 7.39. The number of piperidine rings is 1. The van der Waals surface area contributed by atoms with Gasteiger partial charge in [0.15, 0.2) is 0 Å². The van der Waals surface area contributed by atoms with Gasteiger partial charge in [0.1, 0.15) is 0 Å². The van der Waals surface area contributed by atoms with Crippen LogP contribution in [0.1, 0.15) is 30.6 Å². The highest BCUT2D eigenvalue weighted by atomic mass is 35.5. The van der Waals surface area contributed by atoms with Gasteiger partial charge in [-0.2, -0.15) is 4.31 Å². The molecule has 1 heterocycles. The number of hydrogen-bond donors (Lipinski definition) is 1. The highest BCUT2D eigenvalue weighted by Gasteiger charge is 2.32. The van der Waals surface area contributed by atoms with Gasteiger partial charge in [-0.25, -0.2) is 13.4 Å². The fourth-order valence-electron chi connectivity index (χ4n) is 3.05. The Balaban J connectivity index is 2.35. The highest BCUT2D eigenvalue weighted by molar-refractivity contribution is 7.89. The van der Waals surface area contributed by atoms with Crippen LogP contribution in [0.25, 0.3) is 0 Å². The number of carbonyl (C=O) groups excluding carboxylic acids is 1. The normalized spacial score (nSPS) is 22.6. The number of hydrogen-bond acceptors (Lipinski definition) is 4. The average Bonchev–Trinajstić information content (AvgIpc) is 2.45. The van der Waals surface area contributed by atoms with Crippen molar-refractivity contribution in [1.82, 2.24) is 14.7 Å². The van der Waals surface area contributed by atoms with E-state index in [1.165, 1.54) is 27.5 Å². The Kier molecular flexibility index (Phi) is 5.91. The number of carbonyl (C=O) groups is 1. The zero-order valence-electron chi connectivity index (χ0n) is 14.4. The number of amides is 1. The molecule has 8 heteroatoms. The van der Waals surface area contributed by atoms with Crippen LogP contribution in [0.2, 0.25) is 5.02 Å². The fourth-order valence-corrected chi connectivity index (χ4v) is 4.96. The third-order valence-corrected chi connectivity index (χ3v) is 6.14. The minimum absolute atomic E-state index is 0.0945. The summed E-state index contributed by atoms with van der Waals surface area (Å²) in [5.74, 6) is 0.183. The van der Waals surface area contributed by atoms with Crippen LogP contribution in [0.4, 0.5) is 0 Å². The molecule has 1 aromatic carbocycles. The number of benzene rings is 1. The monoisotopic (exact) mass is 373 g/mol. The van der Waals surface area contributed by atoms with E-state index in [0.29, 0.717) is 24.9 Å². The van der Waals surface area contributed by atoms with Crippen molar-refractivity contribution in [2.75, 3.05) is 27.2 Å². The second-order valence-electron chi connectivity index (χ2n) is 6.75. The Hall–Kier alpha value is -1.15. The lowest BCUT2D eigenvalue weighted by molar-refractivity contribution is 0.0857. The van der Waals surface area contributed by atoms with Crippen molar-refractivity contribution < 1.29 is 13.2 Å². The van der Waals surface area contributed by atoms with Gasteiger partial charge < -0.3 is 0 Å². The maximum atomic E-state index is 12.9. The summed E-state index contributed by atoms with van der Waals surface area (Å²) in [6.45, 7) is 5.09. The lowest BCUT2D eigenvalue weighted by Gasteiger charge is -2.34. The van der Waals surface area contributed by atoms with Crippen LogP contribution in [0.15, 0.2) is 23.1 Å². The van der Waals surface area contributed by atoms with E-state index in [1.54, 1.807) is 14.1 Å². The molecule has 0 saturated carbocycles. The molecule has 1 saturated heterocycles. The van der Waals surface area contributed by atoms with Crippen LogP contribution in [0, 0.1) is 11.8 Å². The zero-order chi connectivity index (χ0) is 18.1. The molecule has 0 unspecified atom stereocenters. The number of halogens is 1. The first-order valence-electron chi connectivity index (χ1n) is 7.89. The number of nitrogens with one attached hydrogen (secondary N) is 1. The van der Waals surface area contributed by atoms with Gasteiger partial charge in [0, 0.05) is 27.2 Å². The molecule has 1 amide bonds. The molecule has 0 aromatic heterocycles. The third kappa shape index (κ3) is 4.27. The van der Waals surface area contributed by atoms with Gasteiger partial charge in [0.05, 0.1) is 15.5 Å². The number of hydrazine groups is 1. The maximum absolute atomic E-state index is 12.9. The van der Waals surface area contributed by atoms with Crippen LogP contribution in [0.3, 0.4) is 0 Å². The number of rotatable bonds is 4. The largest absolute Gasteiger partial charge is 0.285 e. The molecule has 0 aliphatic carbocycles. The predicted molar refractivity (Wildman–Crippen MR) is 94.3 cm³/mol. The molecule has 1 N–H and O–H groups in total. The Morgan fingerprint density at radius 2 is 1.83 bits per heavy atom. The lowest BCUT2D eigenvalue weighted by atomic mass is 9.94. The van der Waals surface area contributed by atoms with Gasteiger partial charge in [0.2, 0.25) is 10.0 Å². The second-order valence-corrected chi connectivity index (χ2v) is 9.09. The van der Waals surface area contributed by atoms with Crippen molar-refractivity contribution in [3.8, 4) is 0 Å². The molecular weight excluding hydrogens is 350 g/mol. The predicted octanol–water partition coefficient (Wildman–Crippen LogP) is 2.21. The molecule has 2 rings (SSSR count). The molecular formula is C16H24ClN3O3S. The highest BCUT2D eigenvalue weighted by Crippen LogP contribution is 2.28. The van der Waals surface area contributed by atoms with Gasteiger partial charge in [0.25, 0.3) is 5.91 Å². The van der Waals surface area contributed by atoms with E-state index in [9.17, 15) is 13.2 Å². The van der Waals surface area contributed by atoms with Crippen LogP contribution in [0.5, 0.6) is 0 Å². The molecule has 24 heavy (non-hydrogen) atoms. The van der Waals surface area contributed by atoms with E-state index in [2.05, 4.69) is 19.3 Å². The average molecular weight is 374 g/mol. The third-order valence-electron chi connectivity index (χ3n) is 3.98. The molecule has 1 aliphatic rings. The molecule has 2 atom stereocenters. The van der Waals surface area contributed by atoms with E-state index in [-0.39, 0.29) is 15.5 Å². The van der Waals surface area contributed by atoms with Crippen LogP contribution < -0.4 is 5.43 Å². The smallest absolute Gasteiger partial charge is 0.267 e. The first-order chi connectivity index (χ1) is 11.1. The first kappa shape index (κ1) is 19.2. The molecule has 0 radical (unpaired) electrons. The van der Waals surface area contributed by atoms with Crippen LogP contribution >= 0.6 is 11.6 Å². The van der Waals surface area contributed by atoms with E-state index in [4.69, 9.17) is 11.6 Å². The fraction of sp³-hybridized carbons (Fsp3) is 0.562. The van der Waals surface area contributed by atoms with Crippen molar-refractivity contribution in [3.63, 3.8) is 0 Å². The van der Waals surface area contributed by atoms with Crippen molar-refractivity contribution in [2.24, 2.45) is 11.8 Å². The van der Waals surface area contributed by atoms with Crippen LogP contribution in [-0.4, -0.2) is 50.8 Å². The Labute approximate surface area is 148 Å². The Morgan fingerprint density at radius 3 is 2.38 bits per heavy atom. The minimum atomic E-state index is -3.65. The summed E-state index contributed by atoms with van der Waals surface area (Å²) in [4.78, 5) is 12.3. The molecule has 6 nitrogen and oxygen atoms in total. The van der Waals surface area contributed by atoms with E-state index >= 15 is 0 Å². The summed E-state index contributed by atoms with van der Waals surface area (Å²) in [5.41, 5.74) is 2.72. The minimum Gasteiger partial charge on any atom is -0.285 e. The Bertz CT molecular complexity index is 711. The summed E-state index contributed by atoms with van der Waals surface area (Å²) in [6, 6.07) is 4.25. The quantitative estimate of drug-likeness (QED) is 0.821. The zero-order valence-corrected chi connectivity index (χ0v) is 16.0. The summed E-state index contributed by atoms with van der Waals surface area (Å²) in [5, 5.41) is 1.70. The van der Waals surface area contributed by atoms with Crippen molar-refractivity contribution in [3.05, 3.63) is 28.8 Å². The summed E-state index contributed by atoms with van der Waals surface area (Å²) in [6.07, 6.45) is 1.02. The van der Waals surface area contributed by atoms with E-state index in [0.717, 1.165) is 6.42 Å². The van der Waals surface area contributed by atoms with Crippen molar-refractivity contribution in [2.45, 2.75) is 25.2 Å². The molecule has 134 valence electrons. The van der Waals surface area contributed by atoms with Gasteiger partial charge in [-0.05, 0) is 36.5 Å². The summed E-state index contributed by atoms with van der Waals surface area (Å²) >= 11 is 6.07. The van der Waals surface area contributed by atoms with Gasteiger partial charge in [-0.15, -0.1) is 0 Å². The topological polar surface area (TPSA) is 69.7 Å². The molecule has 0 spiro atoms. The molecule has 1 aliphatic heterocycles. The van der Waals surface area contributed by atoms with Crippen LogP contribution in [-0.2, 0) is 10.0 Å². The lowest BCUT2D eigenvalue weighted by Crippen LogP contribution is -2.42. The summed E-state index contributed by atoms with van der Waals surface area (Å²) in [7, 11) is -0.309. The standard InChI is InChI=1S/C16H24ClN3O3S/c1-11-7-12(2)10-20(9-11)24(22,23)13-5-6-15(17)14(8-13)16(21)18-19(3)4/h5-6,8,11-12H,7,9-10H2,1-4H3,(H,18,21)/t11-,12-/m0/s1.